The van der Waals surface area contributed by atoms with Crippen LogP contribution in [0.2, 0.25) is 5.02 Å². The van der Waals surface area contributed by atoms with Gasteiger partial charge >= 0.3 is 0 Å². The molecule has 0 aliphatic carbocycles. The van der Waals surface area contributed by atoms with Crippen LogP contribution in [0.4, 0.5) is 11.4 Å². The van der Waals surface area contributed by atoms with Crippen molar-refractivity contribution in [1.29, 1.82) is 0 Å². The van der Waals surface area contributed by atoms with Gasteiger partial charge in [-0.2, -0.15) is 0 Å². The van der Waals surface area contributed by atoms with Gasteiger partial charge in [-0.05, 0) is 49.7 Å². The maximum Gasteiger partial charge on any atom is 0.282 e. The molecule has 6 heteroatoms. The van der Waals surface area contributed by atoms with E-state index in [9.17, 15) is 9.59 Å². The van der Waals surface area contributed by atoms with Crippen molar-refractivity contribution in [3.63, 3.8) is 0 Å². The van der Waals surface area contributed by atoms with Crippen LogP contribution >= 0.6 is 11.6 Å². The zero-order chi connectivity index (χ0) is 22.8. The Bertz CT molecular complexity index is 1220. The van der Waals surface area contributed by atoms with Gasteiger partial charge in [-0.15, -0.1) is 0 Å². The molecule has 32 heavy (non-hydrogen) atoms. The van der Waals surface area contributed by atoms with Crippen LogP contribution in [0, 0.1) is 6.92 Å². The van der Waals surface area contributed by atoms with Crippen molar-refractivity contribution in [1.82, 2.24) is 0 Å². The molecule has 0 bridgehead atoms. The summed E-state index contributed by atoms with van der Waals surface area (Å²) in [6.45, 7) is 4.32. The van der Waals surface area contributed by atoms with E-state index in [4.69, 9.17) is 16.3 Å². The zero-order valence-corrected chi connectivity index (χ0v) is 18.9. The van der Waals surface area contributed by atoms with Crippen molar-refractivity contribution in [2.45, 2.75) is 13.8 Å². The van der Waals surface area contributed by atoms with E-state index in [1.807, 2.05) is 61.2 Å². The third kappa shape index (κ3) is 3.65. The van der Waals surface area contributed by atoms with Crippen LogP contribution in [0.5, 0.6) is 5.75 Å². The van der Waals surface area contributed by atoms with E-state index < -0.39 is 11.8 Å². The highest BCUT2D eigenvalue weighted by Gasteiger charge is 2.43. The number of carbonyl (C=O) groups is 2. The predicted octanol–water partition coefficient (Wildman–Crippen LogP) is 5.47. The molecule has 5 nitrogen and oxygen atoms in total. The Balaban J connectivity index is 1.95. The van der Waals surface area contributed by atoms with Crippen LogP contribution < -0.4 is 14.5 Å². The molecule has 0 radical (unpaired) electrons. The van der Waals surface area contributed by atoms with Crippen LogP contribution in [0.15, 0.2) is 78.5 Å². The SMILES string of the molecule is CCN(C1=C(c2ccccc2OC)C(=O)N(c2ccc(C)c(Cl)c2)C1=O)c1ccccc1. The first kappa shape index (κ1) is 21.7. The van der Waals surface area contributed by atoms with Gasteiger partial charge in [-0.1, -0.05) is 54.1 Å². The Labute approximate surface area is 192 Å². The Morgan fingerprint density at radius 3 is 2.28 bits per heavy atom. The lowest BCUT2D eigenvalue weighted by atomic mass is 10.0. The number of amides is 2. The van der Waals surface area contributed by atoms with Crippen molar-refractivity contribution in [3.05, 3.63) is 94.6 Å². The fourth-order valence-corrected chi connectivity index (χ4v) is 4.07. The van der Waals surface area contributed by atoms with E-state index in [0.29, 0.717) is 39.8 Å². The van der Waals surface area contributed by atoms with Gasteiger partial charge in [-0.25, -0.2) is 4.90 Å². The molecule has 0 aromatic heterocycles. The minimum atomic E-state index is -0.413. The van der Waals surface area contributed by atoms with E-state index in [1.165, 1.54) is 4.90 Å². The molecule has 3 aromatic rings. The van der Waals surface area contributed by atoms with Crippen LogP contribution in [-0.2, 0) is 9.59 Å². The van der Waals surface area contributed by atoms with Crippen LogP contribution in [0.3, 0.4) is 0 Å². The monoisotopic (exact) mass is 446 g/mol. The zero-order valence-electron chi connectivity index (χ0n) is 18.1. The number of anilines is 2. The Kier molecular flexibility index (Phi) is 6.01. The molecule has 4 rings (SSSR count). The molecule has 0 spiro atoms. The second kappa shape index (κ2) is 8.89. The molecule has 1 heterocycles. The van der Waals surface area contributed by atoms with Crippen LogP contribution in [0.1, 0.15) is 18.1 Å². The molecule has 0 fully saturated rings. The molecule has 1 aliphatic heterocycles. The fourth-order valence-electron chi connectivity index (χ4n) is 3.90. The summed E-state index contributed by atoms with van der Waals surface area (Å²) >= 11 is 6.32. The number of ether oxygens (including phenoxy) is 1. The van der Waals surface area contributed by atoms with Crippen LogP contribution in [0.25, 0.3) is 5.57 Å². The standard InChI is InChI=1S/C26H23ClN2O3/c1-4-28(18-10-6-5-7-11-18)24-23(20-12-8-9-13-22(20)32-3)25(30)29(26(24)31)19-15-14-17(2)21(27)16-19/h5-16H,4H2,1-3H3. The normalized spacial score (nSPS) is 13.7. The van der Waals surface area contributed by atoms with Crippen LogP contribution in [-0.4, -0.2) is 25.5 Å². The van der Waals surface area contributed by atoms with Crippen molar-refractivity contribution < 1.29 is 14.3 Å². The average Bonchev–Trinajstić information content (AvgIpc) is 3.07. The van der Waals surface area contributed by atoms with E-state index in [-0.39, 0.29) is 0 Å². The number of para-hydroxylation sites is 2. The summed E-state index contributed by atoms with van der Waals surface area (Å²) in [5, 5.41) is 0.491. The number of likely N-dealkylation sites (N-methyl/N-ethyl adjacent to an activating group) is 1. The quantitative estimate of drug-likeness (QED) is 0.471. The number of halogens is 1. The Hall–Kier alpha value is -3.57. The lowest BCUT2D eigenvalue weighted by Crippen LogP contribution is -2.35. The molecule has 0 saturated heterocycles. The smallest absolute Gasteiger partial charge is 0.282 e. The molecule has 3 aromatic carbocycles. The number of rotatable bonds is 6. The van der Waals surface area contributed by atoms with Crippen molar-refractivity contribution >= 4 is 40.4 Å². The van der Waals surface area contributed by atoms with Gasteiger partial charge in [0, 0.05) is 22.8 Å². The van der Waals surface area contributed by atoms with Gasteiger partial charge in [0.25, 0.3) is 11.8 Å². The molecular formula is C26H23ClN2O3. The third-order valence-electron chi connectivity index (χ3n) is 5.50. The molecule has 162 valence electrons. The lowest BCUT2D eigenvalue weighted by molar-refractivity contribution is -0.120. The van der Waals surface area contributed by atoms with E-state index >= 15 is 0 Å². The van der Waals surface area contributed by atoms with E-state index in [1.54, 1.807) is 37.4 Å². The van der Waals surface area contributed by atoms with Gasteiger partial charge in [-0.3, -0.25) is 9.59 Å². The summed E-state index contributed by atoms with van der Waals surface area (Å²) in [7, 11) is 1.55. The first-order valence-corrected chi connectivity index (χ1v) is 10.7. The minimum absolute atomic E-state index is 0.301. The Morgan fingerprint density at radius 1 is 0.938 bits per heavy atom. The molecule has 0 unspecified atom stereocenters. The summed E-state index contributed by atoms with van der Waals surface area (Å²) in [5.74, 6) is -0.292. The second-order valence-corrected chi connectivity index (χ2v) is 7.79. The highest BCUT2D eigenvalue weighted by molar-refractivity contribution is 6.47. The first-order valence-electron chi connectivity index (χ1n) is 10.3. The maximum atomic E-state index is 13.8. The molecule has 2 amide bonds. The summed E-state index contributed by atoms with van der Waals surface area (Å²) in [5.41, 5.74) is 3.30. The van der Waals surface area contributed by atoms with E-state index in [2.05, 4.69) is 0 Å². The third-order valence-corrected chi connectivity index (χ3v) is 5.91. The van der Waals surface area contributed by atoms with Crippen molar-refractivity contribution in [2.75, 3.05) is 23.5 Å². The number of imide groups is 1. The average molecular weight is 447 g/mol. The summed E-state index contributed by atoms with van der Waals surface area (Å²) in [6, 6.07) is 22.0. The van der Waals surface area contributed by atoms with Gasteiger partial charge in [0.05, 0.1) is 18.4 Å². The summed E-state index contributed by atoms with van der Waals surface area (Å²) in [4.78, 5) is 30.6. The fraction of sp³-hybridized carbons (Fsp3) is 0.154. The number of hydrogen-bond donors (Lipinski definition) is 0. The summed E-state index contributed by atoms with van der Waals surface area (Å²) in [6.07, 6.45) is 0. The van der Waals surface area contributed by atoms with Gasteiger partial charge in [0.15, 0.2) is 0 Å². The molecule has 1 aliphatic rings. The van der Waals surface area contributed by atoms with Crippen molar-refractivity contribution in [3.8, 4) is 5.75 Å². The van der Waals surface area contributed by atoms with Crippen molar-refractivity contribution in [2.24, 2.45) is 0 Å². The largest absolute Gasteiger partial charge is 0.496 e. The van der Waals surface area contributed by atoms with Gasteiger partial charge in [0.2, 0.25) is 0 Å². The van der Waals surface area contributed by atoms with Gasteiger partial charge in [0.1, 0.15) is 11.4 Å². The number of aryl methyl sites for hydroxylation is 1. The molecule has 0 atom stereocenters. The first-order chi connectivity index (χ1) is 15.5. The highest BCUT2D eigenvalue weighted by Crippen LogP contribution is 2.40. The number of hydrogen-bond acceptors (Lipinski definition) is 4. The van der Waals surface area contributed by atoms with E-state index in [0.717, 1.165) is 11.3 Å². The number of nitrogens with zero attached hydrogens (tertiary/aromatic N) is 2. The molecule has 0 N–H and O–H groups in total. The minimum Gasteiger partial charge on any atom is -0.496 e. The maximum absolute atomic E-state index is 13.8. The second-order valence-electron chi connectivity index (χ2n) is 7.38. The van der Waals surface area contributed by atoms with Gasteiger partial charge < -0.3 is 9.64 Å². The lowest BCUT2D eigenvalue weighted by Gasteiger charge is -2.25. The summed E-state index contributed by atoms with van der Waals surface area (Å²) < 4.78 is 5.53. The number of methoxy groups -OCH3 is 1. The molecular weight excluding hydrogens is 424 g/mol. The number of carbonyl (C=O) groups excluding carboxylic acids is 2. The number of benzene rings is 3. The topological polar surface area (TPSA) is 49.9 Å². The predicted molar refractivity (Wildman–Crippen MR) is 128 cm³/mol. The highest BCUT2D eigenvalue weighted by atomic mass is 35.5. The molecule has 0 saturated carbocycles. The Morgan fingerprint density at radius 2 is 1.62 bits per heavy atom.